The minimum absolute atomic E-state index is 0.0294. The number of amides is 1. The Hall–Kier alpha value is -2.02. The Labute approximate surface area is 154 Å². The number of hydrogen-bond donors (Lipinski definition) is 1. The third kappa shape index (κ3) is 4.15. The summed E-state index contributed by atoms with van der Waals surface area (Å²) < 4.78 is 14.9. The van der Waals surface area contributed by atoms with Gasteiger partial charge in [-0.3, -0.25) is 9.69 Å². The number of nitrogens with one attached hydrogen (secondary N) is 1. The maximum absolute atomic E-state index is 13.8. The van der Waals surface area contributed by atoms with E-state index in [1.54, 1.807) is 11.3 Å². The highest BCUT2D eigenvalue weighted by Crippen LogP contribution is 2.28. The Balaban J connectivity index is 1.66. The Morgan fingerprint density at radius 3 is 2.84 bits per heavy atom. The second kappa shape index (κ2) is 7.47. The molecule has 130 valence electrons. The van der Waals surface area contributed by atoms with Gasteiger partial charge in [0.05, 0.1) is 28.5 Å². The first-order valence-corrected chi connectivity index (χ1v) is 8.94. The molecule has 7 heteroatoms. The lowest BCUT2D eigenvalue weighted by molar-refractivity contribution is -0.117. The number of para-hydroxylation sites is 1. The molecule has 0 saturated heterocycles. The molecule has 0 aliphatic carbocycles. The summed E-state index contributed by atoms with van der Waals surface area (Å²) in [6, 6.07) is 12.1. The average Bonchev–Trinajstić information content (AvgIpc) is 3.00. The van der Waals surface area contributed by atoms with Crippen molar-refractivity contribution in [1.82, 2.24) is 9.88 Å². The van der Waals surface area contributed by atoms with E-state index in [2.05, 4.69) is 10.3 Å². The van der Waals surface area contributed by atoms with Gasteiger partial charge in [-0.05, 0) is 44.3 Å². The van der Waals surface area contributed by atoms with Crippen LogP contribution in [0.5, 0.6) is 0 Å². The molecule has 0 saturated carbocycles. The van der Waals surface area contributed by atoms with Gasteiger partial charge in [0.2, 0.25) is 5.91 Å². The van der Waals surface area contributed by atoms with E-state index in [1.165, 1.54) is 18.2 Å². The number of benzene rings is 2. The minimum atomic E-state index is -0.553. The van der Waals surface area contributed by atoms with Crippen LogP contribution in [0.1, 0.15) is 18.0 Å². The van der Waals surface area contributed by atoms with E-state index >= 15 is 0 Å². The van der Waals surface area contributed by atoms with Gasteiger partial charge in [-0.1, -0.05) is 23.7 Å². The minimum Gasteiger partial charge on any atom is -0.322 e. The first-order chi connectivity index (χ1) is 11.9. The van der Waals surface area contributed by atoms with Crippen molar-refractivity contribution in [2.45, 2.75) is 13.0 Å². The Kier molecular flexibility index (Phi) is 5.32. The molecule has 4 nitrogen and oxygen atoms in total. The first-order valence-electron chi connectivity index (χ1n) is 7.74. The zero-order valence-corrected chi connectivity index (χ0v) is 15.4. The van der Waals surface area contributed by atoms with Gasteiger partial charge in [-0.25, -0.2) is 9.37 Å². The molecular weight excluding hydrogens is 361 g/mol. The lowest BCUT2D eigenvalue weighted by Crippen LogP contribution is -2.32. The van der Waals surface area contributed by atoms with E-state index in [0.717, 1.165) is 15.2 Å². The molecule has 0 spiro atoms. The number of likely N-dealkylation sites (N-methyl/N-ethyl adjacent to an activating group) is 1. The molecule has 1 aromatic heterocycles. The number of aromatic nitrogens is 1. The molecule has 3 rings (SSSR count). The van der Waals surface area contributed by atoms with E-state index in [0.29, 0.717) is 0 Å². The number of nitrogens with zero attached hydrogens (tertiary/aromatic N) is 2. The van der Waals surface area contributed by atoms with E-state index in [-0.39, 0.29) is 29.2 Å². The molecule has 2 aromatic carbocycles. The second-order valence-corrected chi connectivity index (χ2v) is 7.28. The van der Waals surface area contributed by atoms with Gasteiger partial charge in [0.25, 0.3) is 0 Å². The molecule has 1 heterocycles. The van der Waals surface area contributed by atoms with Crippen molar-refractivity contribution in [2.75, 3.05) is 18.9 Å². The second-order valence-electron chi connectivity index (χ2n) is 5.78. The summed E-state index contributed by atoms with van der Waals surface area (Å²) in [7, 11) is 1.84. The van der Waals surface area contributed by atoms with E-state index in [9.17, 15) is 9.18 Å². The third-order valence-corrected chi connectivity index (χ3v) is 5.37. The van der Waals surface area contributed by atoms with Crippen LogP contribution in [0.3, 0.4) is 0 Å². The van der Waals surface area contributed by atoms with Gasteiger partial charge in [-0.2, -0.15) is 0 Å². The Morgan fingerprint density at radius 1 is 1.36 bits per heavy atom. The van der Waals surface area contributed by atoms with Crippen molar-refractivity contribution in [3.8, 4) is 0 Å². The molecule has 25 heavy (non-hydrogen) atoms. The van der Waals surface area contributed by atoms with Crippen LogP contribution in [0.15, 0.2) is 42.5 Å². The fraction of sp³-hybridized carbons (Fsp3) is 0.222. The molecule has 0 aliphatic rings. The van der Waals surface area contributed by atoms with E-state index in [1.807, 2.05) is 43.1 Å². The maximum atomic E-state index is 13.8. The average molecular weight is 378 g/mol. The number of carbonyl (C=O) groups excluding carboxylic acids is 1. The molecule has 1 atom stereocenters. The monoisotopic (exact) mass is 377 g/mol. The summed E-state index contributed by atoms with van der Waals surface area (Å²) in [6.07, 6.45) is 0. The van der Waals surface area contributed by atoms with Crippen LogP contribution >= 0.6 is 22.9 Å². The number of fused-ring (bicyclic) bond motifs is 1. The van der Waals surface area contributed by atoms with Gasteiger partial charge in [0, 0.05) is 5.02 Å². The quantitative estimate of drug-likeness (QED) is 0.699. The number of anilines is 1. The van der Waals surface area contributed by atoms with Gasteiger partial charge in [0.1, 0.15) is 10.8 Å². The van der Waals surface area contributed by atoms with Gasteiger partial charge >= 0.3 is 0 Å². The number of halogens is 2. The predicted octanol–water partition coefficient (Wildman–Crippen LogP) is 4.72. The number of carbonyl (C=O) groups is 1. The molecular formula is C18H17ClFN3OS. The van der Waals surface area contributed by atoms with E-state index < -0.39 is 5.82 Å². The zero-order valence-electron chi connectivity index (χ0n) is 13.8. The summed E-state index contributed by atoms with van der Waals surface area (Å²) in [5.74, 6) is -0.848. The third-order valence-electron chi connectivity index (χ3n) is 3.93. The largest absolute Gasteiger partial charge is 0.322 e. The summed E-state index contributed by atoms with van der Waals surface area (Å²) >= 11 is 7.32. The zero-order chi connectivity index (χ0) is 18.0. The fourth-order valence-corrected chi connectivity index (χ4v) is 3.64. The topological polar surface area (TPSA) is 45.2 Å². The Bertz CT molecular complexity index is 881. The first kappa shape index (κ1) is 17.8. The summed E-state index contributed by atoms with van der Waals surface area (Å²) in [5.41, 5.74) is 1.07. The lowest BCUT2D eigenvalue weighted by Gasteiger charge is -2.22. The van der Waals surface area contributed by atoms with Crippen molar-refractivity contribution < 1.29 is 9.18 Å². The van der Waals surface area contributed by atoms with Crippen LogP contribution < -0.4 is 5.32 Å². The summed E-state index contributed by atoms with van der Waals surface area (Å²) in [6.45, 7) is 2.12. The van der Waals surface area contributed by atoms with Crippen LogP contribution in [-0.2, 0) is 4.79 Å². The normalized spacial score (nSPS) is 12.5. The molecule has 0 bridgehead atoms. The van der Waals surface area contributed by atoms with Crippen LogP contribution in [0, 0.1) is 5.82 Å². The summed E-state index contributed by atoms with van der Waals surface area (Å²) in [4.78, 5) is 18.7. The highest BCUT2D eigenvalue weighted by atomic mass is 35.5. The Morgan fingerprint density at radius 2 is 2.12 bits per heavy atom. The van der Waals surface area contributed by atoms with Crippen molar-refractivity contribution in [3.63, 3.8) is 0 Å². The molecule has 0 aliphatic heterocycles. The van der Waals surface area contributed by atoms with Crippen LogP contribution in [0.4, 0.5) is 10.1 Å². The van der Waals surface area contributed by atoms with Crippen molar-refractivity contribution >= 4 is 44.7 Å². The number of hydrogen-bond acceptors (Lipinski definition) is 4. The molecule has 0 radical (unpaired) electrons. The fourth-order valence-electron chi connectivity index (χ4n) is 2.40. The molecule has 0 unspecified atom stereocenters. The van der Waals surface area contributed by atoms with Gasteiger partial charge < -0.3 is 5.32 Å². The van der Waals surface area contributed by atoms with Crippen molar-refractivity contribution in [3.05, 3.63) is 58.3 Å². The molecule has 1 N–H and O–H groups in total. The molecule has 3 aromatic rings. The van der Waals surface area contributed by atoms with Crippen LogP contribution in [-0.4, -0.2) is 29.4 Å². The molecule has 0 fully saturated rings. The van der Waals surface area contributed by atoms with Crippen LogP contribution in [0.25, 0.3) is 10.2 Å². The number of rotatable bonds is 5. The smallest absolute Gasteiger partial charge is 0.238 e. The lowest BCUT2D eigenvalue weighted by atomic mass is 10.3. The molecule has 1 amide bonds. The van der Waals surface area contributed by atoms with E-state index in [4.69, 9.17) is 11.6 Å². The standard InChI is InChI=1S/C18H17ClFN3OS/c1-11(18-22-15-5-3-4-6-16(15)25-18)23(2)10-17(24)21-14-8-7-12(19)9-13(14)20/h3-9,11H,10H2,1-2H3,(H,21,24)/t11-/m1/s1. The SMILES string of the molecule is C[C@H](c1nc2ccccc2s1)N(C)CC(=O)Nc1ccc(Cl)cc1F. The number of thiazole rings is 1. The van der Waals surface area contributed by atoms with Gasteiger partial charge in [0.15, 0.2) is 0 Å². The highest BCUT2D eigenvalue weighted by molar-refractivity contribution is 7.18. The van der Waals surface area contributed by atoms with Gasteiger partial charge in [-0.15, -0.1) is 11.3 Å². The van der Waals surface area contributed by atoms with Crippen molar-refractivity contribution in [2.24, 2.45) is 0 Å². The summed E-state index contributed by atoms with van der Waals surface area (Å²) in [5, 5.41) is 3.80. The maximum Gasteiger partial charge on any atom is 0.238 e. The predicted molar refractivity (Wildman–Crippen MR) is 101 cm³/mol. The van der Waals surface area contributed by atoms with Crippen molar-refractivity contribution in [1.29, 1.82) is 0 Å². The van der Waals surface area contributed by atoms with Crippen LogP contribution in [0.2, 0.25) is 5.02 Å². The highest BCUT2D eigenvalue weighted by Gasteiger charge is 2.19.